The number of hydrogen-bond acceptors (Lipinski definition) is 7. The third-order valence-electron chi connectivity index (χ3n) is 5.23. The van der Waals surface area contributed by atoms with Crippen molar-refractivity contribution in [1.29, 1.82) is 0 Å². The van der Waals surface area contributed by atoms with Crippen molar-refractivity contribution in [1.82, 2.24) is 15.5 Å². The zero-order valence-electron chi connectivity index (χ0n) is 21.3. The van der Waals surface area contributed by atoms with Crippen LogP contribution in [0.5, 0.6) is 5.75 Å². The Morgan fingerprint density at radius 2 is 1.86 bits per heavy atom. The lowest BCUT2D eigenvalue weighted by molar-refractivity contribution is -0.143. The van der Waals surface area contributed by atoms with E-state index in [2.05, 4.69) is 21.4 Å². The van der Waals surface area contributed by atoms with Crippen LogP contribution in [0.25, 0.3) is 0 Å². The maximum absolute atomic E-state index is 13.6. The van der Waals surface area contributed by atoms with E-state index in [4.69, 9.17) is 11.2 Å². The van der Waals surface area contributed by atoms with Gasteiger partial charge in [-0.05, 0) is 39.2 Å². The first-order chi connectivity index (χ1) is 16.3. The Morgan fingerprint density at radius 1 is 1.23 bits per heavy atom. The quantitative estimate of drug-likeness (QED) is 0.275. The largest absolute Gasteiger partial charge is 0.507 e. The number of carbonyl (C=O) groups is 4. The van der Waals surface area contributed by atoms with Crippen LogP contribution in [0.2, 0.25) is 0 Å². The molecule has 0 heterocycles. The molecule has 0 spiro atoms. The molecule has 0 aliphatic rings. The van der Waals surface area contributed by atoms with Crippen molar-refractivity contribution >= 4 is 23.9 Å². The molecule has 10 heteroatoms. The fourth-order valence-corrected chi connectivity index (χ4v) is 3.16. The summed E-state index contributed by atoms with van der Waals surface area (Å²) in [4.78, 5) is 51.7. The number of esters is 1. The van der Waals surface area contributed by atoms with Gasteiger partial charge in [0.1, 0.15) is 23.9 Å². The van der Waals surface area contributed by atoms with Gasteiger partial charge in [0.15, 0.2) is 6.04 Å². The van der Waals surface area contributed by atoms with E-state index >= 15 is 0 Å². The first kappa shape index (κ1) is 29.3. The van der Waals surface area contributed by atoms with E-state index in [0.29, 0.717) is 12.0 Å². The van der Waals surface area contributed by atoms with Gasteiger partial charge in [0, 0.05) is 11.6 Å². The van der Waals surface area contributed by atoms with Crippen molar-refractivity contribution in [2.75, 3.05) is 13.7 Å². The van der Waals surface area contributed by atoms with Crippen molar-refractivity contribution in [3.8, 4) is 18.2 Å². The van der Waals surface area contributed by atoms with Gasteiger partial charge < -0.3 is 25.2 Å². The molecule has 1 aromatic carbocycles. The Morgan fingerprint density at radius 3 is 2.37 bits per heavy atom. The number of nitrogens with one attached hydrogen (secondary N) is 2. The summed E-state index contributed by atoms with van der Waals surface area (Å²) in [6.45, 7) is 9.76. The van der Waals surface area contributed by atoms with Gasteiger partial charge in [-0.1, -0.05) is 44.9 Å². The molecule has 0 bridgehead atoms. The van der Waals surface area contributed by atoms with E-state index in [-0.39, 0.29) is 17.2 Å². The molecule has 0 saturated carbocycles. The molecular weight excluding hydrogens is 454 g/mol. The van der Waals surface area contributed by atoms with E-state index in [1.54, 1.807) is 46.8 Å². The number of rotatable bonds is 9. The molecule has 3 atom stereocenters. The number of methoxy groups -OCH3 is 1. The summed E-state index contributed by atoms with van der Waals surface area (Å²) in [6.07, 6.45) is 5.37. The fourth-order valence-electron chi connectivity index (χ4n) is 3.16. The van der Waals surface area contributed by atoms with E-state index < -0.39 is 48.1 Å². The number of para-hydroxylation sites is 1. The highest BCUT2D eigenvalue weighted by molar-refractivity contribution is 5.94. The molecule has 10 nitrogen and oxygen atoms in total. The summed E-state index contributed by atoms with van der Waals surface area (Å²) in [6, 6.07) is 4.25. The normalized spacial score (nSPS) is 13.4. The molecule has 1 rings (SSSR count). The topological polar surface area (TPSA) is 134 Å². The number of aromatic hydroxyl groups is 1. The second-order valence-electron chi connectivity index (χ2n) is 9.06. The summed E-state index contributed by atoms with van der Waals surface area (Å²) >= 11 is 0. The van der Waals surface area contributed by atoms with Crippen LogP contribution in [-0.4, -0.2) is 59.2 Å². The molecule has 0 aliphatic carbocycles. The monoisotopic (exact) mass is 489 g/mol. The lowest BCUT2D eigenvalue weighted by atomic mass is 9.95. The van der Waals surface area contributed by atoms with Crippen molar-refractivity contribution < 1.29 is 33.8 Å². The van der Waals surface area contributed by atoms with Crippen molar-refractivity contribution in [3.05, 3.63) is 29.3 Å². The number of carbonyl (C=O) groups excluding carboxylic acids is 4. The molecule has 0 radical (unpaired) electrons. The lowest BCUT2D eigenvalue weighted by Gasteiger charge is -2.32. The minimum Gasteiger partial charge on any atom is -0.507 e. The molecule has 3 N–H and O–H groups in total. The number of benzene rings is 1. The zero-order chi connectivity index (χ0) is 26.9. The molecule has 0 aromatic heterocycles. The average molecular weight is 490 g/mol. The molecule has 3 unspecified atom stereocenters. The Kier molecular flexibility index (Phi) is 10.6. The van der Waals surface area contributed by atoms with Gasteiger partial charge in [-0.2, -0.15) is 0 Å². The van der Waals surface area contributed by atoms with E-state index in [1.165, 1.54) is 6.07 Å². The van der Waals surface area contributed by atoms with Gasteiger partial charge >= 0.3 is 12.1 Å². The first-order valence-electron chi connectivity index (χ1n) is 11.2. The highest BCUT2D eigenvalue weighted by Gasteiger charge is 2.39. The summed E-state index contributed by atoms with van der Waals surface area (Å²) in [5, 5.41) is 15.6. The van der Waals surface area contributed by atoms with Gasteiger partial charge in [0.25, 0.3) is 5.91 Å². The maximum atomic E-state index is 13.6. The molecule has 192 valence electrons. The van der Waals surface area contributed by atoms with E-state index in [9.17, 15) is 24.3 Å². The SMILES string of the molecule is C#CN(C(=O)C(NC(=O)OC(C)(C)C)C(C)CC)C(C(=O)NCC(=O)OC)c1cccc(C)c1O. The van der Waals surface area contributed by atoms with Gasteiger partial charge in [-0.25, -0.2) is 4.79 Å². The molecule has 1 aromatic rings. The predicted octanol–water partition coefficient (Wildman–Crippen LogP) is 2.39. The third kappa shape index (κ3) is 8.21. The standard InChI is InChI=1S/C25H35N3O7/c1-9-15(3)19(27-24(33)35-25(5,6)7)23(32)28(10-2)20(22(31)26-14-18(29)34-8)17-13-11-12-16(4)21(17)30/h2,11-13,15,19-20,30H,9,14H2,1,3-8H3,(H,26,31)(H,27,33). The van der Waals surface area contributed by atoms with Crippen LogP contribution in [0.15, 0.2) is 18.2 Å². The highest BCUT2D eigenvalue weighted by atomic mass is 16.6. The smallest absolute Gasteiger partial charge is 0.408 e. The van der Waals surface area contributed by atoms with Crippen LogP contribution in [-0.2, 0) is 23.9 Å². The van der Waals surface area contributed by atoms with Crippen LogP contribution >= 0.6 is 0 Å². The average Bonchev–Trinajstić information content (AvgIpc) is 2.79. The minimum atomic E-state index is -1.50. The van der Waals surface area contributed by atoms with Crippen LogP contribution < -0.4 is 10.6 Å². The molecule has 0 fully saturated rings. The molecule has 0 aliphatic heterocycles. The number of nitrogens with zero attached hydrogens (tertiary/aromatic N) is 1. The highest BCUT2D eigenvalue weighted by Crippen LogP contribution is 2.32. The minimum absolute atomic E-state index is 0.0545. The number of hydrogen-bond donors (Lipinski definition) is 3. The molecule has 3 amide bonds. The van der Waals surface area contributed by atoms with Crippen molar-refractivity contribution in [2.45, 2.75) is 65.6 Å². The lowest BCUT2D eigenvalue weighted by Crippen LogP contribution is -2.54. The predicted molar refractivity (Wildman–Crippen MR) is 129 cm³/mol. The molecule has 35 heavy (non-hydrogen) atoms. The van der Waals surface area contributed by atoms with Crippen molar-refractivity contribution in [3.63, 3.8) is 0 Å². The van der Waals surface area contributed by atoms with E-state index in [1.807, 2.05) is 6.92 Å². The van der Waals surface area contributed by atoms with Crippen molar-refractivity contribution in [2.24, 2.45) is 5.92 Å². The van der Waals surface area contributed by atoms with Crippen LogP contribution in [0.1, 0.15) is 58.2 Å². The summed E-state index contributed by atoms with van der Waals surface area (Å²) in [5.41, 5.74) is -0.301. The van der Waals surface area contributed by atoms with Crippen LogP contribution in [0.3, 0.4) is 0 Å². The second-order valence-corrected chi connectivity index (χ2v) is 9.06. The number of phenolic OH excluding ortho intramolecular Hbond substituents is 1. The van der Waals surface area contributed by atoms with E-state index in [0.717, 1.165) is 12.0 Å². The second kappa shape index (κ2) is 12.6. The van der Waals surface area contributed by atoms with Crippen LogP contribution in [0.4, 0.5) is 4.79 Å². The number of phenols is 1. The van der Waals surface area contributed by atoms with Gasteiger partial charge in [0.05, 0.1) is 7.11 Å². The van der Waals surface area contributed by atoms with Gasteiger partial charge in [-0.15, -0.1) is 0 Å². The Labute approximate surface area is 206 Å². The molecular formula is C25H35N3O7. The maximum Gasteiger partial charge on any atom is 0.408 e. The zero-order valence-corrected chi connectivity index (χ0v) is 21.3. The number of amides is 3. The fraction of sp³-hybridized carbons (Fsp3) is 0.520. The van der Waals surface area contributed by atoms with Gasteiger partial charge in [0.2, 0.25) is 5.91 Å². The molecule has 0 saturated heterocycles. The third-order valence-corrected chi connectivity index (χ3v) is 5.23. The first-order valence-corrected chi connectivity index (χ1v) is 11.2. The Balaban J connectivity index is 3.48. The number of aryl methyl sites for hydroxylation is 1. The summed E-state index contributed by atoms with van der Waals surface area (Å²) in [7, 11) is 1.16. The summed E-state index contributed by atoms with van der Waals surface area (Å²) < 4.78 is 9.83. The van der Waals surface area contributed by atoms with Crippen LogP contribution in [0, 0.1) is 25.3 Å². The Bertz CT molecular complexity index is 978. The van der Waals surface area contributed by atoms with Gasteiger partial charge in [-0.3, -0.25) is 19.3 Å². The number of alkyl carbamates (subject to hydrolysis) is 1. The summed E-state index contributed by atoms with van der Waals surface area (Å²) in [5.74, 6) is -2.91. The number of terminal acetylenes is 1. The Hall–Kier alpha value is -3.74. The number of ether oxygens (including phenoxy) is 2.